The van der Waals surface area contributed by atoms with Crippen LogP contribution in [0.2, 0.25) is 5.02 Å². The monoisotopic (exact) mass is 515 g/mol. The molecule has 3 aromatic carbocycles. The molecule has 0 saturated heterocycles. The van der Waals surface area contributed by atoms with E-state index in [-0.39, 0.29) is 17.9 Å². The summed E-state index contributed by atoms with van der Waals surface area (Å²) in [6, 6.07) is 20.2. The van der Waals surface area contributed by atoms with Crippen LogP contribution in [0.3, 0.4) is 0 Å². The molecule has 5 rings (SSSR count). The number of carbonyl (C=O) groups excluding carboxylic acids is 1. The maximum absolute atomic E-state index is 13.6. The van der Waals surface area contributed by atoms with Gasteiger partial charge in [-0.3, -0.25) is 9.59 Å². The highest BCUT2D eigenvalue weighted by Gasteiger charge is 2.35. The summed E-state index contributed by atoms with van der Waals surface area (Å²) < 4.78 is 10.9. The van der Waals surface area contributed by atoms with Crippen molar-refractivity contribution in [2.45, 2.75) is 25.8 Å². The molecule has 1 atom stereocenters. The van der Waals surface area contributed by atoms with Gasteiger partial charge in [0.05, 0.1) is 31.5 Å². The van der Waals surface area contributed by atoms with Crippen LogP contribution in [0.15, 0.2) is 76.6 Å². The minimum absolute atomic E-state index is 0.139. The number of aromatic nitrogens is 1. The number of nitrogens with one attached hydrogen (secondary N) is 1. The number of hydrazone groups is 1. The summed E-state index contributed by atoms with van der Waals surface area (Å²) in [5.41, 5.74) is 3.87. The van der Waals surface area contributed by atoms with Gasteiger partial charge >= 0.3 is 0 Å². The average molecular weight is 516 g/mol. The summed E-state index contributed by atoms with van der Waals surface area (Å²) in [5, 5.41) is 7.70. The van der Waals surface area contributed by atoms with Crippen molar-refractivity contribution in [2.75, 3.05) is 14.2 Å². The Morgan fingerprint density at radius 2 is 1.76 bits per heavy atom. The zero-order valence-corrected chi connectivity index (χ0v) is 21.5. The average Bonchev–Trinajstić information content (AvgIpc) is 3.37. The molecule has 2 heterocycles. The number of amides is 1. The van der Waals surface area contributed by atoms with E-state index in [9.17, 15) is 9.59 Å². The highest BCUT2D eigenvalue weighted by molar-refractivity contribution is 6.30. The molecule has 0 bridgehead atoms. The fourth-order valence-electron chi connectivity index (χ4n) is 4.81. The number of fused-ring (bicyclic) bond motifs is 1. The Hall–Kier alpha value is -4.10. The number of hydrogen-bond donors (Lipinski definition) is 1. The Labute approximate surface area is 219 Å². The summed E-state index contributed by atoms with van der Waals surface area (Å²) in [6.07, 6.45) is 0.641. The van der Waals surface area contributed by atoms with Gasteiger partial charge in [-0.2, -0.15) is 5.10 Å². The molecule has 0 fully saturated rings. The van der Waals surface area contributed by atoms with Crippen LogP contribution in [0.4, 0.5) is 0 Å². The number of carbonyl (C=O) groups is 1. The molecular weight excluding hydrogens is 490 g/mol. The van der Waals surface area contributed by atoms with Gasteiger partial charge in [0.25, 0.3) is 5.56 Å². The summed E-state index contributed by atoms with van der Waals surface area (Å²) in [5.74, 6) is 1.01. The Balaban J connectivity index is 1.70. The molecule has 0 aliphatic carbocycles. The van der Waals surface area contributed by atoms with Gasteiger partial charge in [0.1, 0.15) is 0 Å². The first-order chi connectivity index (χ1) is 17.9. The lowest BCUT2D eigenvalue weighted by molar-refractivity contribution is -0.132. The first-order valence-electron chi connectivity index (χ1n) is 12.0. The molecule has 37 heavy (non-hydrogen) atoms. The smallest absolute Gasteiger partial charge is 0.258 e. The first kappa shape index (κ1) is 24.6. The van der Waals surface area contributed by atoms with E-state index in [1.165, 1.54) is 5.01 Å². The van der Waals surface area contributed by atoms with Crippen molar-refractivity contribution in [3.05, 3.63) is 93.2 Å². The topological polar surface area (TPSA) is 84.0 Å². The Morgan fingerprint density at radius 3 is 2.46 bits per heavy atom. The zero-order chi connectivity index (χ0) is 26.1. The van der Waals surface area contributed by atoms with E-state index in [1.54, 1.807) is 33.3 Å². The molecule has 0 saturated carbocycles. The zero-order valence-electron chi connectivity index (χ0n) is 20.7. The molecule has 0 unspecified atom stereocenters. The highest BCUT2D eigenvalue weighted by Crippen LogP contribution is 2.39. The summed E-state index contributed by atoms with van der Waals surface area (Å²) in [7, 11) is 3.14. The van der Waals surface area contributed by atoms with Crippen LogP contribution >= 0.6 is 11.6 Å². The van der Waals surface area contributed by atoms with E-state index in [0.717, 1.165) is 27.6 Å². The predicted octanol–water partition coefficient (Wildman–Crippen LogP) is 5.95. The van der Waals surface area contributed by atoms with Crippen molar-refractivity contribution < 1.29 is 14.3 Å². The molecule has 1 aliphatic rings. The van der Waals surface area contributed by atoms with Gasteiger partial charge < -0.3 is 14.5 Å². The number of pyridine rings is 1. The van der Waals surface area contributed by atoms with E-state index in [1.807, 2.05) is 54.6 Å². The van der Waals surface area contributed by atoms with Gasteiger partial charge in [-0.25, -0.2) is 5.01 Å². The van der Waals surface area contributed by atoms with Crippen molar-refractivity contribution in [1.82, 2.24) is 9.99 Å². The molecule has 8 heteroatoms. The molecule has 4 aromatic rings. The van der Waals surface area contributed by atoms with E-state index in [4.69, 9.17) is 26.2 Å². The van der Waals surface area contributed by atoms with E-state index >= 15 is 0 Å². The number of aromatic amines is 1. The standard InChI is InChI=1S/C29H26ClN3O4/c1-4-26(34)33-23(18-11-14-24(36-2)25(15-18)37-3)16-22(32-33)28-27(17-9-12-19(30)13-10-17)20-7-5-6-8-21(20)31-29(28)35/h5-15,23H,4,16H2,1-3H3,(H,31,35)/t23-/m0/s1. The number of H-pyrrole nitrogens is 1. The normalized spacial score (nSPS) is 15.1. The molecule has 188 valence electrons. The molecule has 7 nitrogen and oxygen atoms in total. The molecule has 1 aromatic heterocycles. The predicted molar refractivity (Wildman–Crippen MR) is 146 cm³/mol. The van der Waals surface area contributed by atoms with Crippen LogP contribution in [0, 0.1) is 0 Å². The molecule has 0 spiro atoms. The van der Waals surface area contributed by atoms with Gasteiger partial charge in [0, 0.05) is 34.3 Å². The fraction of sp³-hybridized carbons (Fsp3) is 0.207. The van der Waals surface area contributed by atoms with Crippen LogP contribution in [0.1, 0.15) is 36.9 Å². The maximum atomic E-state index is 13.6. The number of para-hydroxylation sites is 1. The first-order valence-corrected chi connectivity index (χ1v) is 12.4. The largest absolute Gasteiger partial charge is 0.493 e. The van der Waals surface area contributed by atoms with Gasteiger partial charge in [0.15, 0.2) is 11.5 Å². The van der Waals surface area contributed by atoms with Crippen molar-refractivity contribution in [3.8, 4) is 22.6 Å². The van der Waals surface area contributed by atoms with Gasteiger partial charge in [0.2, 0.25) is 5.91 Å². The number of methoxy groups -OCH3 is 2. The number of benzene rings is 3. The van der Waals surface area contributed by atoms with E-state index in [0.29, 0.717) is 34.2 Å². The number of hydrogen-bond acceptors (Lipinski definition) is 5. The van der Waals surface area contributed by atoms with Crippen molar-refractivity contribution >= 4 is 34.1 Å². The number of halogens is 1. The molecule has 0 radical (unpaired) electrons. The minimum atomic E-state index is -0.397. The van der Waals surface area contributed by atoms with E-state index in [2.05, 4.69) is 4.98 Å². The third-order valence-electron chi connectivity index (χ3n) is 6.60. The van der Waals surface area contributed by atoms with Crippen molar-refractivity contribution in [1.29, 1.82) is 0 Å². The van der Waals surface area contributed by atoms with Crippen molar-refractivity contribution in [3.63, 3.8) is 0 Å². The lowest BCUT2D eigenvalue weighted by atomic mass is 9.91. The highest BCUT2D eigenvalue weighted by atomic mass is 35.5. The Morgan fingerprint density at radius 1 is 1.03 bits per heavy atom. The minimum Gasteiger partial charge on any atom is -0.493 e. The quantitative estimate of drug-likeness (QED) is 0.344. The van der Waals surface area contributed by atoms with Crippen LogP contribution in [0.5, 0.6) is 11.5 Å². The number of ether oxygens (including phenoxy) is 2. The SMILES string of the molecule is CCC(=O)N1N=C(c2c(-c3ccc(Cl)cc3)c3ccccc3[nH]c2=O)C[C@H]1c1ccc(OC)c(OC)c1. The molecule has 1 amide bonds. The van der Waals surface area contributed by atoms with Crippen LogP contribution in [-0.2, 0) is 4.79 Å². The molecule has 1 N–H and O–H groups in total. The Kier molecular flexibility index (Phi) is 6.72. The second-order valence-corrected chi connectivity index (χ2v) is 9.17. The third-order valence-corrected chi connectivity index (χ3v) is 6.86. The number of nitrogens with zero attached hydrogens (tertiary/aromatic N) is 2. The summed E-state index contributed by atoms with van der Waals surface area (Å²) in [6.45, 7) is 1.80. The second kappa shape index (κ2) is 10.1. The molecule has 1 aliphatic heterocycles. The van der Waals surface area contributed by atoms with Gasteiger partial charge in [-0.05, 0) is 41.5 Å². The third kappa shape index (κ3) is 4.47. The second-order valence-electron chi connectivity index (χ2n) is 8.73. The summed E-state index contributed by atoms with van der Waals surface area (Å²) >= 11 is 6.16. The number of rotatable bonds is 6. The lowest BCUT2D eigenvalue weighted by Gasteiger charge is -2.22. The fourth-order valence-corrected chi connectivity index (χ4v) is 4.93. The van der Waals surface area contributed by atoms with Gasteiger partial charge in [-0.15, -0.1) is 0 Å². The summed E-state index contributed by atoms with van der Waals surface area (Å²) in [4.78, 5) is 29.6. The van der Waals surface area contributed by atoms with E-state index < -0.39 is 6.04 Å². The van der Waals surface area contributed by atoms with Gasteiger partial charge in [-0.1, -0.05) is 54.9 Å². The van der Waals surface area contributed by atoms with Crippen LogP contribution in [-0.4, -0.2) is 35.8 Å². The Bertz CT molecular complexity index is 1580. The molecular formula is C29H26ClN3O4. The maximum Gasteiger partial charge on any atom is 0.258 e. The van der Waals surface area contributed by atoms with Crippen molar-refractivity contribution in [2.24, 2.45) is 5.10 Å². The lowest BCUT2D eigenvalue weighted by Crippen LogP contribution is -2.26. The van der Waals surface area contributed by atoms with Crippen LogP contribution < -0.4 is 15.0 Å². The van der Waals surface area contributed by atoms with Crippen LogP contribution in [0.25, 0.3) is 22.0 Å².